The standard InChI is InChI=1S/C16H22FNO3/c1-19-13-6-3-5-12(15(13)17)9-18-10-14(20-2)16(11-18)7-4-8-21-16/h3,5-6,14H,4,7-11H2,1-2H3/t14-,16-/m0/s1. The fourth-order valence-corrected chi connectivity index (χ4v) is 3.53. The van der Waals surface area contributed by atoms with Gasteiger partial charge in [0.15, 0.2) is 11.6 Å². The van der Waals surface area contributed by atoms with E-state index >= 15 is 0 Å². The molecule has 0 aromatic heterocycles. The molecule has 1 aromatic carbocycles. The zero-order valence-corrected chi connectivity index (χ0v) is 12.6. The van der Waals surface area contributed by atoms with E-state index < -0.39 is 0 Å². The van der Waals surface area contributed by atoms with Gasteiger partial charge in [-0.3, -0.25) is 4.90 Å². The Labute approximate surface area is 124 Å². The summed E-state index contributed by atoms with van der Waals surface area (Å²) in [5.41, 5.74) is 0.448. The highest BCUT2D eigenvalue weighted by atomic mass is 19.1. The number of rotatable bonds is 4. The van der Waals surface area contributed by atoms with Gasteiger partial charge in [0.2, 0.25) is 0 Å². The number of halogens is 1. The van der Waals surface area contributed by atoms with Crippen molar-refractivity contribution in [3.8, 4) is 5.75 Å². The first-order valence-electron chi connectivity index (χ1n) is 7.39. The smallest absolute Gasteiger partial charge is 0.169 e. The van der Waals surface area contributed by atoms with Crippen LogP contribution in [0.2, 0.25) is 0 Å². The maximum absolute atomic E-state index is 14.3. The summed E-state index contributed by atoms with van der Waals surface area (Å²) in [6.07, 6.45) is 2.15. The molecule has 21 heavy (non-hydrogen) atoms. The molecule has 1 spiro atoms. The summed E-state index contributed by atoms with van der Waals surface area (Å²) < 4.78 is 30.9. The Hall–Kier alpha value is -1.17. The largest absolute Gasteiger partial charge is 0.494 e. The molecule has 0 aliphatic carbocycles. The molecule has 1 aromatic rings. The molecule has 0 radical (unpaired) electrons. The van der Waals surface area contributed by atoms with Crippen LogP contribution in [0, 0.1) is 5.82 Å². The molecule has 2 aliphatic heterocycles. The quantitative estimate of drug-likeness (QED) is 0.852. The Morgan fingerprint density at radius 3 is 2.95 bits per heavy atom. The van der Waals surface area contributed by atoms with E-state index in [0.29, 0.717) is 17.9 Å². The summed E-state index contributed by atoms with van der Waals surface area (Å²) in [5.74, 6) is 0.0177. The fourth-order valence-electron chi connectivity index (χ4n) is 3.53. The highest BCUT2D eigenvalue weighted by molar-refractivity contribution is 5.31. The molecule has 2 fully saturated rings. The van der Waals surface area contributed by atoms with E-state index in [1.807, 2.05) is 6.07 Å². The molecule has 4 nitrogen and oxygen atoms in total. The Morgan fingerprint density at radius 2 is 2.29 bits per heavy atom. The van der Waals surface area contributed by atoms with Crippen molar-refractivity contribution in [2.75, 3.05) is 33.9 Å². The predicted octanol–water partition coefficient (Wildman–Crippen LogP) is 2.21. The number of ether oxygens (including phenoxy) is 3. The van der Waals surface area contributed by atoms with E-state index in [1.165, 1.54) is 7.11 Å². The van der Waals surface area contributed by atoms with Gasteiger partial charge >= 0.3 is 0 Å². The number of likely N-dealkylation sites (tertiary alicyclic amines) is 1. The molecule has 2 aliphatic rings. The Balaban J connectivity index is 1.75. The van der Waals surface area contributed by atoms with E-state index in [9.17, 15) is 4.39 Å². The Kier molecular flexibility index (Phi) is 4.15. The minimum Gasteiger partial charge on any atom is -0.494 e. The Morgan fingerprint density at radius 1 is 1.43 bits per heavy atom. The molecule has 0 N–H and O–H groups in total. The van der Waals surface area contributed by atoms with Crippen LogP contribution in [0.1, 0.15) is 18.4 Å². The third-order valence-electron chi connectivity index (χ3n) is 4.58. The first-order chi connectivity index (χ1) is 10.2. The second-order valence-electron chi connectivity index (χ2n) is 5.84. The average molecular weight is 295 g/mol. The van der Waals surface area contributed by atoms with Crippen LogP contribution >= 0.6 is 0 Å². The van der Waals surface area contributed by atoms with Crippen molar-refractivity contribution >= 4 is 0 Å². The normalized spacial score (nSPS) is 29.4. The first-order valence-corrected chi connectivity index (χ1v) is 7.39. The number of benzene rings is 1. The Bertz CT molecular complexity index is 502. The van der Waals surface area contributed by atoms with Crippen LogP contribution in [0.4, 0.5) is 4.39 Å². The average Bonchev–Trinajstić information content (AvgIpc) is 3.09. The van der Waals surface area contributed by atoms with Gasteiger partial charge in [0.1, 0.15) is 5.60 Å². The van der Waals surface area contributed by atoms with Gasteiger partial charge in [-0.05, 0) is 18.9 Å². The molecular weight excluding hydrogens is 273 g/mol. The van der Waals surface area contributed by atoms with Crippen molar-refractivity contribution in [3.05, 3.63) is 29.6 Å². The van der Waals surface area contributed by atoms with E-state index in [4.69, 9.17) is 14.2 Å². The van der Waals surface area contributed by atoms with Crippen LogP contribution < -0.4 is 4.74 Å². The zero-order valence-electron chi connectivity index (χ0n) is 12.6. The second-order valence-corrected chi connectivity index (χ2v) is 5.84. The van der Waals surface area contributed by atoms with Crippen molar-refractivity contribution < 1.29 is 18.6 Å². The monoisotopic (exact) mass is 295 g/mol. The van der Waals surface area contributed by atoms with Crippen LogP contribution in [0.5, 0.6) is 5.75 Å². The molecule has 5 heteroatoms. The third-order valence-corrected chi connectivity index (χ3v) is 4.58. The van der Waals surface area contributed by atoms with Gasteiger partial charge in [-0.1, -0.05) is 12.1 Å². The molecule has 0 saturated carbocycles. The molecule has 2 saturated heterocycles. The number of methoxy groups -OCH3 is 2. The molecule has 2 heterocycles. The van der Waals surface area contributed by atoms with Gasteiger partial charge in [0.05, 0.1) is 13.2 Å². The van der Waals surface area contributed by atoms with Crippen molar-refractivity contribution in [2.45, 2.75) is 31.1 Å². The first kappa shape index (κ1) is 14.8. The van der Waals surface area contributed by atoms with Gasteiger partial charge in [-0.15, -0.1) is 0 Å². The van der Waals surface area contributed by atoms with Gasteiger partial charge in [-0.2, -0.15) is 0 Å². The molecule has 0 amide bonds. The van der Waals surface area contributed by atoms with E-state index in [0.717, 1.165) is 32.5 Å². The lowest BCUT2D eigenvalue weighted by atomic mass is 9.96. The summed E-state index contributed by atoms with van der Waals surface area (Å²) in [4.78, 5) is 2.21. The van der Waals surface area contributed by atoms with Gasteiger partial charge in [-0.25, -0.2) is 4.39 Å². The fraction of sp³-hybridized carbons (Fsp3) is 0.625. The SMILES string of the molecule is COc1cccc(CN2C[C@H](OC)[C@]3(CCCO3)C2)c1F. The molecule has 3 rings (SSSR count). The van der Waals surface area contributed by atoms with Gasteiger partial charge < -0.3 is 14.2 Å². The zero-order chi connectivity index (χ0) is 14.9. The summed E-state index contributed by atoms with van der Waals surface area (Å²) in [7, 11) is 3.21. The van der Waals surface area contributed by atoms with Gasteiger partial charge in [0.25, 0.3) is 0 Å². The second kappa shape index (κ2) is 5.91. The lowest BCUT2D eigenvalue weighted by molar-refractivity contribution is -0.0756. The lowest BCUT2D eigenvalue weighted by Crippen LogP contribution is -2.41. The summed E-state index contributed by atoms with van der Waals surface area (Å²) in [6.45, 7) is 2.91. The van der Waals surface area contributed by atoms with Crippen molar-refractivity contribution in [2.24, 2.45) is 0 Å². The van der Waals surface area contributed by atoms with Crippen LogP contribution in [0.3, 0.4) is 0 Å². The third kappa shape index (κ3) is 2.65. The highest BCUT2D eigenvalue weighted by Gasteiger charge is 2.50. The van der Waals surface area contributed by atoms with Crippen LogP contribution in [0.15, 0.2) is 18.2 Å². The van der Waals surface area contributed by atoms with E-state index in [2.05, 4.69) is 4.90 Å². The number of hydrogen-bond donors (Lipinski definition) is 0. The number of hydrogen-bond acceptors (Lipinski definition) is 4. The highest BCUT2D eigenvalue weighted by Crippen LogP contribution is 2.37. The van der Waals surface area contributed by atoms with Crippen molar-refractivity contribution in [3.63, 3.8) is 0 Å². The molecular formula is C16H22FNO3. The summed E-state index contributed by atoms with van der Waals surface area (Å²) >= 11 is 0. The maximum atomic E-state index is 14.3. The van der Waals surface area contributed by atoms with E-state index in [-0.39, 0.29) is 17.5 Å². The van der Waals surface area contributed by atoms with Crippen LogP contribution in [-0.4, -0.2) is 50.5 Å². The topological polar surface area (TPSA) is 30.9 Å². The van der Waals surface area contributed by atoms with Crippen molar-refractivity contribution in [1.29, 1.82) is 0 Å². The lowest BCUT2D eigenvalue weighted by Gasteiger charge is -2.28. The van der Waals surface area contributed by atoms with Gasteiger partial charge in [0, 0.05) is 38.9 Å². The van der Waals surface area contributed by atoms with Crippen LogP contribution in [-0.2, 0) is 16.0 Å². The van der Waals surface area contributed by atoms with E-state index in [1.54, 1.807) is 19.2 Å². The maximum Gasteiger partial charge on any atom is 0.169 e. The number of nitrogens with zero attached hydrogens (tertiary/aromatic N) is 1. The van der Waals surface area contributed by atoms with Crippen LogP contribution in [0.25, 0.3) is 0 Å². The molecule has 0 bridgehead atoms. The summed E-state index contributed by atoms with van der Waals surface area (Å²) in [6, 6.07) is 5.27. The minimum absolute atomic E-state index is 0.0636. The minimum atomic E-state index is -0.276. The van der Waals surface area contributed by atoms with Crippen molar-refractivity contribution in [1.82, 2.24) is 4.90 Å². The molecule has 0 unspecified atom stereocenters. The molecule has 116 valence electrons. The summed E-state index contributed by atoms with van der Waals surface area (Å²) in [5, 5.41) is 0. The molecule has 2 atom stereocenters. The predicted molar refractivity (Wildman–Crippen MR) is 76.9 cm³/mol.